The van der Waals surface area contributed by atoms with E-state index in [1.807, 2.05) is 0 Å². The second-order valence-electron chi connectivity index (χ2n) is 4.30. The first-order valence-corrected chi connectivity index (χ1v) is 5.67. The first kappa shape index (κ1) is 14.2. The van der Waals surface area contributed by atoms with Gasteiger partial charge in [0.25, 0.3) is 0 Å². The van der Waals surface area contributed by atoms with Crippen LogP contribution in [0.1, 0.15) is 11.1 Å². The fraction of sp³-hybridized carbons (Fsp3) is 0.143. The minimum absolute atomic E-state index is 0.0490. The Morgan fingerprint density at radius 2 is 1.75 bits per heavy atom. The van der Waals surface area contributed by atoms with E-state index in [1.165, 1.54) is 24.3 Å². The molecule has 2 nitrogen and oxygen atoms in total. The second kappa shape index (κ2) is 5.03. The molecule has 0 saturated carbocycles. The summed E-state index contributed by atoms with van der Waals surface area (Å²) in [6.45, 7) is 1.59. The van der Waals surface area contributed by atoms with Gasteiger partial charge in [0.15, 0.2) is 0 Å². The molecular weight excluding hydrogens is 274 g/mol. The van der Waals surface area contributed by atoms with Gasteiger partial charge in [-0.3, -0.25) is 0 Å². The van der Waals surface area contributed by atoms with Crippen LogP contribution in [0.3, 0.4) is 0 Å². The van der Waals surface area contributed by atoms with Crippen molar-refractivity contribution in [2.24, 2.45) is 0 Å². The second-order valence-corrected chi connectivity index (χ2v) is 4.30. The molecule has 0 aliphatic carbocycles. The van der Waals surface area contributed by atoms with Crippen molar-refractivity contribution in [2.75, 3.05) is 5.73 Å². The Bertz CT molecular complexity index is 638. The number of nitrogens with two attached hydrogens (primary N) is 1. The summed E-state index contributed by atoms with van der Waals surface area (Å²) in [6.07, 6.45) is -4.51. The predicted octanol–water partition coefficient (Wildman–Crippen LogP) is 4.53. The monoisotopic (exact) mass is 285 g/mol. The molecular formula is C14H11F4NO. The molecule has 0 fully saturated rings. The lowest BCUT2D eigenvalue weighted by Gasteiger charge is -2.12. The van der Waals surface area contributed by atoms with Gasteiger partial charge in [-0.1, -0.05) is 0 Å². The number of anilines is 1. The first-order valence-electron chi connectivity index (χ1n) is 5.67. The highest BCUT2D eigenvalue weighted by molar-refractivity contribution is 5.50. The number of rotatable bonds is 2. The van der Waals surface area contributed by atoms with Gasteiger partial charge in [-0.15, -0.1) is 0 Å². The van der Waals surface area contributed by atoms with Crippen LogP contribution in [0.2, 0.25) is 0 Å². The molecule has 0 spiro atoms. The summed E-state index contributed by atoms with van der Waals surface area (Å²) < 4.78 is 56.3. The number of aryl methyl sites for hydroxylation is 1. The summed E-state index contributed by atoms with van der Waals surface area (Å²) >= 11 is 0. The molecule has 6 heteroatoms. The highest BCUT2D eigenvalue weighted by Gasteiger charge is 2.31. The number of nitrogen functional groups attached to an aromatic ring is 1. The van der Waals surface area contributed by atoms with Crippen molar-refractivity contribution in [3.05, 3.63) is 53.3 Å². The summed E-state index contributed by atoms with van der Waals surface area (Å²) in [4.78, 5) is 0. The maximum atomic E-state index is 12.9. The van der Waals surface area contributed by atoms with E-state index in [0.717, 1.165) is 12.1 Å². The Morgan fingerprint density at radius 3 is 2.35 bits per heavy atom. The average Bonchev–Trinajstić information content (AvgIpc) is 2.31. The lowest BCUT2D eigenvalue weighted by Crippen LogP contribution is -2.06. The molecule has 2 aromatic rings. The van der Waals surface area contributed by atoms with E-state index in [0.29, 0.717) is 5.56 Å². The fourth-order valence-corrected chi connectivity index (χ4v) is 1.70. The average molecular weight is 285 g/mol. The van der Waals surface area contributed by atoms with Crippen molar-refractivity contribution in [2.45, 2.75) is 13.1 Å². The van der Waals surface area contributed by atoms with Crippen molar-refractivity contribution >= 4 is 5.69 Å². The molecule has 20 heavy (non-hydrogen) atoms. The third-order valence-corrected chi connectivity index (χ3v) is 2.62. The van der Waals surface area contributed by atoms with Gasteiger partial charge in [0, 0.05) is 11.8 Å². The fourth-order valence-electron chi connectivity index (χ4n) is 1.70. The number of halogens is 4. The lowest BCUT2D eigenvalue weighted by molar-refractivity contribution is -0.137. The number of ether oxygens (including phenoxy) is 1. The van der Waals surface area contributed by atoms with E-state index in [1.54, 1.807) is 6.92 Å². The van der Waals surface area contributed by atoms with Crippen LogP contribution < -0.4 is 10.5 Å². The minimum atomic E-state index is -4.51. The Morgan fingerprint density at radius 1 is 1.05 bits per heavy atom. The van der Waals surface area contributed by atoms with Crippen LogP contribution in [0.5, 0.6) is 11.5 Å². The third-order valence-electron chi connectivity index (χ3n) is 2.62. The van der Waals surface area contributed by atoms with E-state index < -0.39 is 17.6 Å². The van der Waals surface area contributed by atoms with Gasteiger partial charge in [-0.05, 0) is 42.8 Å². The Labute approximate surface area is 112 Å². The number of benzene rings is 2. The topological polar surface area (TPSA) is 35.2 Å². The van der Waals surface area contributed by atoms with Crippen molar-refractivity contribution in [3.8, 4) is 11.5 Å². The van der Waals surface area contributed by atoms with Crippen LogP contribution in [0.4, 0.5) is 23.2 Å². The molecule has 0 atom stereocenters. The summed E-state index contributed by atoms with van der Waals surface area (Å²) in [5.41, 5.74) is 4.95. The highest BCUT2D eigenvalue weighted by Crippen LogP contribution is 2.35. The third kappa shape index (κ3) is 3.20. The normalized spacial score (nSPS) is 11.4. The molecule has 2 aromatic carbocycles. The van der Waals surface area contributed by atoms with Crippen LogP contribution in [0.25, 0.3) is 0 Å². The van der Waals surface area contributed by atoms with Gasteiger partial charge in [0.2, 0.25) is 0 Å². The minimum Gasteiger partial charge on any atom is -0.457 e. The molecule has 0 aliphatic heterocycles. The zero-order valence-corrected chi connectivity index (χ0v) is 10.5. The molecule has 2 N–H and O–H groups in total. The molecule has 106 valence electrons. The highest BCUT2D eigenvalue weighted by atomic mass is 19.4. The quantitative estimate of drug-likeness (QED) is 0.650. The van der Waals surface area contributed by atoms with Gasteiger partial charge >= 0.3 is 6.18 Å². The van der Waals surface area contributed by atoms with E-state index >= 15 is 0 Å². The van der Waals surface area contributed by atoms with E-state index in [2.05, 4.69) is 0 Å². The van der Waals surface area contributed by atoms with Crippen LogP contribution >= 0.6 is 0 Å². The molecule has 0 aromatic heterocycles. The van der Waals surface area contributed by atoms with Gasteiger partial charge in [-0.25, -0.2) is 4.39 Å². The van der Waals surface area contributed by atoms with Crippen LogP contribution in [-0.2, 0) is 6.18 Å². The molecule has 0 heterocycles. The molecule has 0 bridgehead atoms. The summed E-state index contributed by atoms with van der Waals surface area (Å²) in [6, 6.07) is 6.69. The van der Waals surface area contributed by atoms with Gasteiger partial charge < -0.3 is 10.5 Å². The van der Waals surface area contributed by atoms with Crippen LogP contribution in [0, 0.1) is 12.7 Å². The Kier molecular flexibility index (Phi) is 3.57. The molecule has 0 saturated heterocycles. The number of hydrogen-bond donors (Lipinski definition) is 1. The van der Waals surface area contributed by atoms with Gasteiger partial charge in [-0.2, -0.15) is 13.2 Å². The van der Waals surface area contributed by atoms with Crippen LogP contribution in [-0.4, -0.2) is 0 Å². The lowest BCUT2D eigenvalue weighted by atomic mass is 10.1. The number of alkyl halides is 3. The molecule has 2 rings (SSSR count). The smallest absolute Gasteiger partial charge is 0.416 e. The maximum Gasteiger partial charge on any atom is 0.416 e. The molecule has 0 radical (unpaired) electrons. The Balaban J connectivity index is 2.36. The summed E-state index contributed by atoms with van der Waals surface area (Å²) in [5, 5.41) is 0. The SMILES string of the molecule is Cc1cc(F)ccc1Oc1cc(N)cc(C(F)(F)F)c1. The largest absolute Gasteiger partial charge is 0.457 e. The standard InChI is InChI=1S/C14H11F4NO/c1-8-4-10(15)2-3-13(8)20-12-6-9(14(16,17)18)5-11(19)7-12/h2-7H,19H2,1H3. The van der Waals surface area contributed by atoms with E-state index in [9.17, 15) is 17.6 Å². The molecule has 0 aliphatic rings. The molecule has 0 unspecified atom stereocenters. The van der Waals surface area contributed by atoms with Crippen LogP contribution in [0.15, 0.2) is 36.4 Å². The molecule has 0 amide bonds. The van der Waals surface area contributed by atoms with Crippen molar-refractivity contribution < 1.29 is 22.3 Å². The summed E-state index contributed by atoms with van der Waals surface area (Å²) in [5.74, 6) is -0.226. The van der Waals surface area contributed by atoms with Crippen molar-refractivity contribution in [1.82, 2.24) is 0 Å². The zero-order valence-electron chi connectivity index (χ0n) is 10.5. The maximum absolute atomic E-state index is 12.9. The van der Waals surface area contributed by atoms with Gasteiger partial charge in [0.05, 0.1) is 5.56 Å². The first-order chi connectivity index (χ1) is 9.25. The Hall–Kier alpha value is -2.24. The van der Waals surface area contributed by atoms with Gasteiger partial charge in [0.1, 0.15) is 17.3 Å². The van der Waals surface area contributed by atoms with Crippen molar-refractivity contribution in [3.63, 3.8) is 0 Å². The summed E-state index contributed by atoms with van der Waals surface area (Å²) in [7, 11) is 0. The number of hydrogen-bond acceptors (Lipinski definition) is 2. The van der Waals surface area contributed by atoms with Crippen molar-refractivity contribution in [1.29, 1.82) is 0 Å². The van der Waals surface area contributed by atoms with E-state index in [4.69, 9.17) is 10.5 Å². The zero-order chi connectivity index (χ0) is 14.9. The van der Waals surface area contributed by atoms with E-state index in [-0.39, 0.29) is 17.2 Å². The predicted molar refractivity (Wildman–Crippen MR) is 67.1 cm³/mol.